The van der Waals surface area contributed by atoms with Crippen molar-refractivity contribution in [1.29, 1.82) is 0 Å². The zero-order valence-corrected chi connectivity index (χ0v) is 17.4. The number of urea groups is 1. The molecule has 5 nitrogen and oxygen atoms in total. The highest BCUT2D eigenvalue weighted by Crippen LogP contribution is 2.45. The summed E-state index contributed by atoms with van der Waals surface area (Å²) in [5.41, 5.74) is 0.335. The average Bonchev–Trinajstić information content (AvgIpc) is 2.86. The monoisotopic (exact) mass is 389 g/mol. The minimum atomic E-state index is -0.739. The van der Waals surface area contributed by atoms with Crippen LogP contribution in [0.5, 0.6) is 0 Å². The second-order valence-electron chi connectivity index (χ2n) is 9.15. The molecule has 2 aliphatic rings. The summed E-state index contributed by atoms with van der Waals surface area (Å²) >= 11 is 0. The summed E-state index contributed by atoms with van der Waals surface area (Å²) in [4.78, 5) is 28.8. The molecule has 1 spiro atoms. The summed E-state index contributed by atoms with van der Waals surface area (Å²) < 4.78 is 13.4. The van der Waals surface area contributed by atoms with E-state index >= 15 is 0 Å². The van der Waals surface area contributed by atoms with Gasteiger partial charge in [-0.3, -0.25) is 9.69 Å². The molecule has 0 radical (unpaired) electrons. The molecule has 1 N–H and O–H groups in total. The maximum atomic E-state index is 13.4. The first kappa shape index (κ1) is 20.8. The zero-order chi connectivity index (χ0) is 20.5. The largest absolute Gasteiger partial charge is 0.326 e. The number of hydrogen-bond acceptors (Lipinski definition) is 3. The molecule has 1 heterocycles. The van der Waals surface area contributed by atoms with E-state index in [4.69, 9.17) is 0 Å². The van der Waals surface area contributed by atoms with Crippen molar-refractivity contribution in [3.05, 3.63) is 35.6 Å². The zero-order valence-electron chi connectivity index (χ0n) is 17.4. The fraction of sp³-hybridized carbons (Fsp3) is 0.636. The van der Waals surface area contributed by atoms with E-state index in [1.165, 1.54) is 17.0 Å². The van der Waals surface area contributed by atoms with Gasteiger partial charge in [0.1, 0.15) is 11.4 Å². The van der Waals surface area contributed by atoms with Crippen LogP contribution in [0.15, 0.2) is 24.3 Å². The van der Waals surface area contributed by atoms with Crippen molar-refractivity contribution in [3.63, 3.8) is 0 Å². The van der Waals surface area contributed by atoms with Gasteiger partial charge in [-0.25, -0.2) is 14.1 Å². The number of carbonyl (C=O) groups excluding carboxylic acids is 2. The number of benzene rings is 1. The van der Waals surface area contributed by atoms with Gasteiger partial charge in [-0.2, -0.15) is 0 Å². The molecule has 0 atom stereocenters. The molecule has 1 aromatic rings. The standard InChI is InChI=1S/C22H32FN3O2/c1-5-21(2,3)17-9-11-22(12-10-17)19(27)26(20(28)24-22)15-25(4)14-16-7-6-8-18(23)13-16/h6-8,13,17H,5,9-12,14-15H2,1-4H3,(H,24,28). The molecule has 28 heavy (non-hydrogen) atoms. The van der Waals surface area contributed by atoms with Crippen LogP contribution in [-0.2, 0) is 11.3 Å². The van der Waals surface area contributed by atoms with Crippen molar-refractivity contribution in [1.82, 2.24) is 15.1 Å². The third-order valence-corrected chi connectivity index (χ3v) is 6.83. The van der Waals surface area contributed by atoms with Gasteiger partial charge in [0, 0.05) is 6.54 Å². The number of hydrogen-bond donors (Lipinski definition) is 1. The highest BCUT2D eigenvalue weighted by Gasteiger charge is 2.53. The molecule has 154 valence electrons. The summed E-state index contributed by atoms with van der Waals surface area (Å²) in [7, 11) is 1.83. The first-order valence-electron chi connectivity index (χ1n) is 10.2. The van der Waals surface area contributed by atoms with Crippen molar-refractivity contribution in [3.8, 4) is 0 Å². The summed E-state index contributed by atoms with van der Waals surface area (Å²) in [6.07, 6.45) is 4.44. The molecule has 2 fully saturated rings. The van der Waals surface area contributed by atoms with E-state index in [0.717, 1.165) is 24.8 Å². The lowest BCUT2D eigenvalue weighted by Crippen LogP contribution is -2.51. The Morgan fingerprint density at radius 3 is 2.57 bits per heavy atom. The average molecular weight is 390 g/mol. The van der Waals surface area contributed by atoms with Crippen molar-refractivity contribution < 1.29 is 14.0 Å². The number of nitrogens with one attached hydrogen (secondary N) is 1. The van der Waals surface area contributed by atoms with E-state index in [9.17, 15) is 14.0 Å². The summed E-state index contributed by atoms with van der Waals surface area (Å²) in [5, 5.41) is 2.99. The van der Waals surface area contributed by atoms with E-state index in [1.54, 1.807) is 6.07 Å². The lowest BCUT2D eigenvalue weighted by Gasteiger charge is -2.42. The number of halogens is 1. The van der Waals surface area contributed by atoms with Gasteiger partial charge in [0.2, 0.25) is 0 Å². The second-order valence-corrected chi connectivity index (χ2v) is 9.15. The van der Waals surface area contributed by atoms with Crippen LogP contribution in [0.25, 0.3) is 0 Å². The minimum Gasteiger partial charge on any atom is -0.323 e. The molecule has 3 rings (SSSR count). The smallest absolute Gasteiger partial charge is 0.323 e. The van der Waals surface area contributed by atoms with Crippen LogP contribution in [0.1, 0.15) is 58.4 Å². The molecule has 3 amide bonds. The Morgan fingerprint density at radius 1 is 1.29 bits per heavy atom. The van der Waals surface area contributed by atoms with Gasteiger partial charge in [0.15, 0.2) is 0 Å². The number of nitrogens with zero attached hydrogens (tertiary/aromatic N) is 2. The van der Waals surface area contributed by atoms with Crippen molar-refractivity contribution >= 4 is 11.9 Å². The minimum absolute atomic E-state index is 0.114. The van der Waals surface area contributed by atoms with Crippen LogP contribution in [0, 0.1) is 17.2 Å². The van der Waals surface area contributed by atoms with Gasteiger partial charge in [-0.15, -0.1) is 0 Å². The van der Waals surface area contributed by atoms with Crippen LogP contribution >= 0.6 is 0 Å². The molecule has 1 saturated carbocycles. The van der Waals surface area contributed by atoms with Gasteiger partial charge < -0.3 is 5.32 Å². The van der Waals surface area contributed by atoms with Crippen LogP contribution in [-0.4, -0.2) is 41.0 Å². The molecule has 0 unspecified atom stereocenters. The number of rotatable bonds is 6. The molecule has 0 bridgehead atoms. The van der Waals surface area contributed by atoms with Crippen molar-refractivity contribution in [2.24, 2.45) is 11.3 Å². The maximum Gasteiger partial charge on any atom is 0.326 e. The van der Waals surface area contributed by atoms with E-state index in [1.807, 2.05) is 18.0 Å². The Balaban J connectivity index is 1.62. The predicted octanol–water partition coefficient (Wildman–Crippen LogP) is 4.13. The fourth-order valence-corrected chi connectivity index (χ4v) is 4.56. The molecular formula is C22H32FN3O2. The normalized spacial score (nSPS) is 25.6. The van der Waals surface area contributed by atoms with Gasteiger partial charge in [0.25, 0.3) is 5.91 Å². The van der Waals surface area contributed by atoms with Crippen molar-refractivity contribution in [2.45, 2.75) is 65.0 Å². The molecule has 0 aromatic heterocycles. The molecule has 1 aromatic carbocycles. The Bertz CT molecular complexity index is 741. The topological polar surface area (TPSA) is 52.7 Å². The third kappa shape index (κ3) is 4.07. The quantitative estimate of drug-likeness (QED) is 0.744. The lowest BCUT2D eigenvalue weighted by atomic mass is 9.65. The van der Waals surface area contributed by atoms with Crippen LogP contribution < -0.4 is 5.32 Å². The molecule has 1 aliphatic heterocycles. The molecule has 1 saturated heterocycles. The van der Waals surface area contributed by atoms with Gasteiger partial charge in [-0.05, 0) is 61.8 Å². The number of carbonyl (C=O) groups is 2. The van der Waals surface area contributed by atoms with Gasteiger partial charge in [0.05, 0.1) is 6.67 Å². The van der Waals surface area contributed by atoms with Gasteiger partial charge in [-0.1, -0.05) is 39.3 Å². The summed E-state index contributed by atoms with van der Waals surface area (Å²) in [5.74, 6) is 0.181. The molecular weight excluding hydrogens is 357 g/mol. The Kier molecular flexibility index (Phi) is 5.80. The molecule has 6 heteroatoms. The number of imide groups is 1. The highest BCUT2D eigenvalue weighted by molar-refractivity contribution is 6.07. The van der Waals surface area contributed by atoms with Crippen molar-refractivity contribution in [2.75, 3.05) is 13.7 Å². The van der Waals surface area contributed by atoms with E-state index in [-0.39, 0.29) is 29.8 Å². The van der Waals surface area contributed by atoms with E-state index in [2.05, 4.69) is 26.1 Å². The predicted molar refractivity (Wildman–Crippen MR) is 107 cm³/mol. The lowest BCUT2D eigenvalue weighted by molar-refractivity contribution is -0.134. The van der Waals surface area contributed by atoms with Crippen LogP contribution in [0.2, 0.25) is 0 Å². The van der Waals surface area contributed by atoms with Crippen LogP contribution in [0.4, 0.5) is 9.18 Å². The highest BCUT2D eigenvalue weighted by atomic mass is 19.1. The summed E-state index contributed by atoms with van der Waals surface area (Å²) in [6, 6.07) is 6.06. The fourth-order valence-electron chi connectivity index (χ4n) is 4.56. The Hall–Kier alpha value is -1.95. The first-order chi connectivity index (χ1) is 13.2. The first-order valence-corrected chi connectivity index (χ1v) is 10.2. The second kappa shape index (κ2) is 7.82. The molecule has 1 aliphatic carbocycles. The summed E-state index contributed by atoms with van der Waals surface area (Å²) in [6.45, 7) is 7.46. The third-order valence-electron chi connectivity index (χ3n) is 6.83. The van der Waals surface area contributed by atoms with Gasteiger partial charge >= 0.3 is 6.03 Å². The SMILES string of the molecule is CCC(C)(C)C1CCC2(CC1)NC(=O)N(CN(C)Cc1cccc(F)c1)C2=O. The Labute approximate surface area is 167 Å². The Morgan fingerprint density at radius 2 is 1.96 bits per heavy atom. The van der Waals surface area contributed by atoms with Crippen LogP contribution in [0.3, 0.4) is 0 Å². The van der Waals surface area contributed by atoms with E-state index < -0.39 is 5.54 Å². The number of amides is 3. The maximum absolute atomic E-state index is 13.4. The van der Waals surface area contributed by atoms with E-state index in [0.29, 0.717) is 25.3 Å².